The summed E-state index contributed by atoms with van der Waals surface area (Å²) < 4.78 is 0. The molecule has 1 fully saturated rings. The number of piperazine rings is 1. The second-order valence-electron chi connectivity index (χ2n) is 4.41. The Morgan fingerprint density at radius 2 is 1.85 bits per heavy atom. The molecule has 5 nitrogen and oxygen atoms in total. The van der Waals surface area contributed by atoms with E-state index in [0.29, 0.717) is 6.42 Å². The molecule has 7 heteroatoms. The van der Waals surface area contributed by atoms with E-state index in [1.165, 1.54) is 6.07 Å². The largest absolute Gasteiger partial charge is 0.504 e. The molecule has 0 bridgehead atoms. The van der Waals surface area contributed by atoms with Crippen LogP contribution in [0.5, 0.6) is 11.5 Å². The van der Waals surface area contributed by atoms with Crippen molar-refractivity contribution in [2.24, 2.45) is 0 Å². The Labute approximate surface area is 131 Å². The third-order valence-corrected chi connectivity index (χ3v) is 3.26. The minimum atomic E-state index is -0.134. The first-order valence-electron chi connectivity index (χ1n) is 6.06. The zero-order chi connectivity index (χ0) is 13.0. The van der Waals surface area contributed by atoms with Crippen LogP contribution < -0.4 is 5.32 Å². The van der Waals surface area contributed by atoms with E-state index in [4.69, 9.17) is 5.26 Å². The van der Waals surface area contributed by atoms with Crippen LogP contribution in [0.3, 0.4) is 0 Å². The fourth-order valence-electron chi connectivity index (χ4n) is 2.29. The Kier molecular flexibility index (Phi) is 8.35. The zero-order valence-electron chi connectivity index (χ0n) is 11.0. The maximum Gasteiger partial charge on any atom is 0.157 e. The number of nitrogens with zero attached hydrogens (tertiary/aromatic N) is 2. The van der Waals surface area contributed by atoms with Gasteiger partial charge in [-0.25, -0.2) is 0 Å². The molecule has 1 aromatic rings. The predicted octanol–water partition coefficient (Wildman–Crippen LogP) is 1.80. The number of phenols is 2. The highest BCUT2D eigenvalue weighted by atomic mass is 35.5. The Hall–Kier alpha value is -1.19. The summed E-state index contributed by atoms with van der Waals surface area (Å²) in [4.78, 5) is 2.23. The van der Waals surface area contributed by atoms with Crippen molar-refractivity contribution < 1.29 is 10.2 Å². The van der Waals surface area contributed by atoms with Gasteiger partial charge in [0.05, 0.1) is 12.5 Å². The van der Waals surface area contributed by atoms with Crippen LogP contribution in [0, 0.1) is 11.3 Å². The average molecular weight is 320 g/mol. The van der Waals surface area contributed by atoms with Crippen LogP contribution in [-0.4, -0.2) is 41.3 Å². The van der Waals surface area contributed by atoms with Gasteiger partial charge in [0.1, 0.15) is 0 Å². The lowest BCUT2D eigenvalue weighted by Gasteiger charge is -2.34. The van der Waals surface area contributed by atoms with Crippen molar-refractivity contribution in [3.63, 3.8) is 0 Å². The summed E-state index contributed by atoms with van der Waals surface area (Å²) >= 11 is 0. The minimum Gasteiger partial charge on any atom is -0.504 e. The molecule has 1 aliphatic heterocycles. The number of benzene rings is 1. The van der Waals surface area contributed by atoms with Crippen LogP contribution in [0.25, 0.3) is 0 Å². The topological polar surface area (TPSA) is 79.5 Å². The minimum absolute atomic E-state index is 0. The summed E-state index contributed by atoms with van der Waals surface area (Å²) in [6.07, 6.45) is 0.379. The molecule has 1 aliphatic rings. The standard InChI is InChI=1S/C13H17N3O2.2ClH/c14-4-3-11(16-7-5-15-6-8-16)10-1-2-12(17)13(18)9-10;;/h1-2,9,11,15,17-18H,3,5-8H2;2*1H/t11-;;/m0../s1. The second kappa shape index (κ2) is 8.88. The Balaban J connectivity index is 0.00000180. The molecule has 1 heterocycles. The van der Waals surface area contributed by atoms with E-state index in [1.807, 2.05) is 0 Å². The Bertz CT molecular complexity index is 459. The molecular formula is C13H19Cl2N3O2. The van der Waals surface area contributed by atoms with Gasteiger partial charge in [-0.15, -0.1) is 24.8 Å². The third kappa shape index (κ3) is 4.43. The molecule has 0 radical (unpaired) electrons. The summed E-state index contributed by atoms with van der Waals surface area (Å²) in [5, 5.41) is 31.1. The van der Waals surface area contributed by atoms with Crippen molar-refractivity contribution in [1.82, 2.24) is 10.2 Å². The number of nitriles is 1. The van der Waals surface area contributed by atoms with Gasteiger partial charge in [0, 0.05) is 32.2 Å². The van der Waals surface area contributed by atoms with E-state index in [2.05, 4.69) is 16.3 Å². The zero-order valence-corrected chi connectivity index (χ0v) is 12.6. The van der Waals surface area contributed by atoms with E-state index in [-0.39, 0.29) is 42.4 Å². The number of halogens is 2. The van der Waals surface area contributed by atoms with Crippen molar-refractivity contribution in [3.8, 4) is 17.6 Å². The number of hydrogen-bond donors (Lipinski definition) is 3. The average Bonchev–Trinajstić information content (AvgIpc) is 2.40. The molecule has 0 saturated carbocycles. The molecule has 1 saturated heterocycles. The second-order valence-corrected chi connectivity index (χ2v) is 4.41. The molecule has 0 aliphatic carbocycles. The first-order valence-corrected chi connectivity index (χ1v) is 6.06. The molecule has 0 aromatic heterocycles. The van der Waals surface area contributed by atoms with Crippen LogP contribution >= 0.6 is 24.8 Å². The number of nitrogens with one attached hydrogen (secondary N) is 1. The van der Waals surface area contributed by atoms with E-state index >= 15 is 0 Å². The van der Waals surface area contributed by atoms with Gasteiger partial charge >= 0.3 is 0 Å². The van der Waals surface area contributed by atoms with Gasteiger partial charge in [0.2, 0.25) is 0 Å². The fraction of sp³-hybridized carbons (Fsp3) is 0.462. The van der Waals surface area contributed by atoms with Gasteiger partial charge in [0.25, 0.3) is 0 Å². The van der Waals surface area contributed by atoms with Crippen molar-refractivity contribution in [2.75, 3.05) is 26.2 Å². The molecule has 3 N–H and O–H groups in total. The van der Waals surface area contributed by atoms with Gasteiger partial charge in [-0.1, -0.05) is 6.07 Å². The van der Waals surface area contributed by atoms with Crippen molar-refractivity contribution in [2.45, 2.75) is 12.5 Å². The van der Waals surface area contributed by atoms with E-state index in [0.717, 1.165) is 31.7 Å². The highest BCUT2D eigenvalue weighted by Gasteiger charge is 2.22. The maximum absolute atomic E-state index is 9.55. The number of hydrogen-bond acceptors (Lipinski definition) is 5. The molecule has 0 spiro atoms. The monoisotopic (exact) mass is 319 g/mol. The highest BCUT2D eigenvalue weighted by molar-refractivity contribution is 5.85. The van der Waals surface area contributed by atoms with Gasteiger partial charge in [-0.3, -0.25) is 4.90 Å². The van der Waals surface area contributed by atoms with Crippen molar-refractivity contribution in [3.05, 3.63) is 23.8 Å². The first kappa shape index (κ1) is 18.8. The fourth-order valence-corrected chi connectivity index (χ4v) is 2.29. The quantitative estimate of drug-likeness (QED) is 0.740. The smallest absolute Gasteiger partial charge is 0.157 e. The molecular weight excluding hydrogens is 301 g/mol. The van der Waals surface area contributed by atoms with Crippen LogP contribution in [0.15, 0.2) is 18.2 Å². The van der Waals surface area contributed by atoms with Crippen LogP contribution in [0.1, 0.15) is 18.0 Å². The molecule has 112 valence electrons. The maximum atomic E-state index is 9.55. The van der Waals surface area contributed by atoms with E-state index in [1.54, 1.807) is 12.1 Å². The van der Waals surface area contributed by atoms with Crippen molar-refractivity contribution in [1.29, 1.82) is 5.26 Å². The molecule has 2 rings (SSSR count). The molecule has 0 amide bonds. The molecule has 20 heavy (non-hydrogen) atoms. The summed E-state index contributed by atoms with van der Waals surface area (Å²) in [6.45, 7) is 3.58. The lowest BCUT2D eigenvalue weighted by molar-refractivity contribution is 0.175. The molecule has 0 unspecified atom stereocenters. The summed E-state index contributed by atoms with van der Waals surface area (Å²) in [6, 6.07) is 6.94. The lowest BCUT2D eigenvalue weighted by Crippen LogP contribution is -2.45. The summed E-state index contributed by atoms with van der Waals surface area (Å²) in [5.74, 6) is -0.264. The van der Waals surface area contributed by atoms with Crippen LogP contribution in [-0.2, 0) is 0 Å². The predicted molar refractivity (Wildman–Crippen MR) is 81.7 cm³/mol. The normalized spacial score (nSPS) is 16.4. The van der Waals surface area contributed by atoms with Gasteiger partial charge in [0.15, 0.2) is 11.5 Å². The van der Waals surface area contributed by atoms with Gasteiger partial charge in [-0.05, 0) is 17.7 Å². The van der Waals surface area contributed by atoms with E-state index in [9.17, 15) is 10.2 Å². The lowest BCUT2D eigenvalue weighted by atomic mass is 10.0. The van der Waals surface area contributed by atoms with Crippen molar-refractivity contribution >= 4 is 24.8 Å². The van der Waals surface area contributed by atoms with Crippen LogP contribution in [0.2, 0.25) is 0 Å². The summed E-state index contributed by atoms with van der Waals surface area (Å²) in [5.41, 5.74) is 0.869. The molecule has 1 atom stereocenters. The Morgan fingerprint density at radius 3 is 2.40 bits per heavy atom. The first-order chi connectivity index (χ1) is 8.72. The third-order valence-electron chi connectivity index (χ3n) is 3.26. The Morgan fingerprint density at radius 1 is 1.20 bits per heavy atom. The number of aromatic hydroxyl groups is 2. The summed E-state index contributed by atoms with van der Waals surface area (Å²) in [7, 11) is 0. The van der Waals surface area contributed by atoms with E-state index < -0.39 is 0 Å². The number of rotatable bonds is 3. The van der Waals surface area contributed by atoms with Gasteiger partial charge in [-0.2, -0.15) is 5.26 Å². The SMILES string of the molecule is Cl.Cl.N#CC[C@@H](c1ccc(O)c(O)c1)N1CCNCC1. The molecule has 1 aromatic carbocycles. The highest BCUT2D eigenvalue weighted by Crippen LogP contribution is 2.31. The van der Waals surface area contributed by atoms with Crippen LogP contribution in [0.4, 0.5) is 0 Å². The number of phenolic OH excluding ortho intramolecular Hbond substituents is 2. The van der Waals surface area contributed by atoms with Gasteiger partial charge < -0.3 is 15.5 Å².